The van der Waals surface area contributed by atoms with E-state index in [4.69, 9.17) is 58.3 Å². The molecule has 8 atom stereocenters. The van der Waals surface area contributed by atoms with Crippen molar-refractivity contribution in [3.05, 3.63) is 37.6 Å². The Bertz CT molecular complexity index is 1370. The summed E-state index contributed by atoms with van der Waals surface area (Å²) in [6.45, 7) is 55.0. The topological polar surface area (TPSA) is 83.1 Å². The van der Waals surface area contributed by atoms with Crippen LogP contribution in [0.15, 0.2) is 37.6 Å². The molecule has 0 aromatic carbocycles. The zero-order valence-electron chi connectivity index (χ0n) is 46.6. The summed E-state index contributed by atoms with van der Waals surface area (Å²) in [5.74, 6) is 0.00729. The van der Waals surface area contributed by atoms with Crippen molar-refractivity contribution < 1.29 is 42.6 Å². The van der Waals surface area contributed by atoms with Gasteiger partial charge in [0.2, 0.25) is 0 Å². The first kappa shape index (κ1) is 64.8. The third-order valence-electron chi connectivity index (χ3n) is 16.0. The standard InChI is InChI=1S/C55H104B2O9/c1-23-30-58-32-28-33-63-55(22,41-56)53(20,26-4)45(37-60-42(6)7)38-64-54(21,27-5)48(11,12)29-34-62-50(15,16)49(13,14)35-47(40-61-43(8)9)66-51(17,18)52(19,25-3)36-46(65-44(10)57)39-59-31-24-2/h23-24,28,32,42-47H,1-2,25-27,29-31,33-41H2,3-22H3/b32-28-. The summed E-state index contributed by atoms with van der Waals surface area (Å²) in [4.78, 5) is 0. The van der Waals surface area contributed by atoms with Crippen LogP contribution < -0.4 is 0 Å². The van der Waals surface area contributed by atoms with Gasteiger partial charge in [-0.15, -0.1) is 6.58 Å². The van der Waals surface area contributed by atoms with E-state index in [0.29, 0.717) is 59.2 Å². The quantitative estimate of drug-likeness (QED) is 0.0258. The van der Waals surface area contributed by atoms with Crippen molar-refractivity contribution in [3.63, 3.8) is 0 Å². The van der Waals surface area contributed by atoms with Crippen LogP contribution in [-0.4, -0.2) is 121 Å². The second kappa shape index (κ2) is 29.2. The molecule has 0 N–H and O–H groups in total. The molecular formula is C55H104B2O9. The predicted molar refractivity (Wildman–Crippen MR) is 279 cm³/mol. The fourth-order valence-electron chi connectivity index (χ4n) is 8.68. The third-order valence-corrected chi connectivity index (χ3v) is 16.0. The molecular weight excluding hydrogens is 826 g/mol. The van der Waals surface area contributed by atoms with Gasteiger partial charge in [-0.2, -0.15) is 0 Å². The molecule has 0 aliphatic carbocycles. The van der Waals surface area contributed by atoms with Gasteiger partial charge < -0.3 is 42.6 Å². The van der Waals surface area contributed by atoms with Crippen LogP contribution in [0.4, 0.5) is 0 Å². The Morgan fingerprint density at radius 3 is 1.68 bits per heavy atom. The molecule has 11 heteroatoms. The van der Waals surface area contributed by atoms with Crippen molar-refractivity contribution >= 4 is 15.7 Å². The molecule has 0 spiro atoms. The zero-order valence-corrected chi connectivity index (χ0v) is 46.6. The normalized spacial score (nSPS) is 18.9. The van der Waals surface area contributed by atoms with Crippen LogP contribution in [0.1, 0.15) is 177 Å². The Kier molecular flexibility index (Phi) is 28.7. The highest BCUT2D eigenvalue weighted by Crippen LogP contribution is 2.49. The highest BCUT2D eigenvalue weighted by atomic mass is 16.6. The second-order valence-corrected chi connectivity index (χ2v) is 22.6. The molecule has 0 bridgehead atoms. The van der Waals surface area contributed by atoms with E-state index in [1.54, 1.807) is 18.4 Å². The van der Waals surface area contributed by atoms with E-state index in [-0.39, 0.29) is 52.0 Å². The van der Waals surface area contributed by atoms with E-state index < -0.39 is 28.4 Å². The van der Waals surface area contributed by atoms with E-state index in [9.17, 15) is 0 Å². The van der Waals surface area contributed by atoms with Crippen molar-refractivity contribution in [2.24, 2.45) is 27.6 Å². The summed E-state index contributed by atoms with van der Waals surface area (Å²) < 4.78 is 58.1. The van der Waals surface area contributed by atoms with Crippen LogP contribution in [0.2, 0.25) is 6.32 Å². The molecule has 66 heavy (non-hydrogen) atoms. The molecule has 0 rings (SSSR count). The van der Waals surface area contributed by atoms with Gasteiger partial charge in [-0.1, -0.05) is 87.4 Å². The molecule has 384 valence electrons. The summed E-state index contributed by atoms with van der Waals surface area (Å²) in [5.41, 5.74) is -3.29. The van der Waals surface area contributed by atoms with Gasteiger partial charge >= 0.3 is 0 Å². The summed E-state index contributed by atoms with van der Waals surface area (Å²) >= 11 is 0. The summed E-state index contributed by atoms with van der Waals surface area (Å²) in [5, 5.41) is 0. The average Bonchev–Trinajstić information content (AvgIpc) is 3.22. The molecule has 0 aliphatic rings. The summed E-state index contributed by atoms with van der Waals surface area (Å²) in [7, 11) is 12.7. The maximum atomic E-state index is 7.22. The lowest BCUT2D eigenvalue weighted by atomic mass is 9.60. The molecule has 4 radical (unpaired) electrons. The van der Waals surface area contributed by atoms with Crippen LogP contribution in [0.3, 0.4) is 0 Å². The summed E-state index contributed by atoms with van der Waals surface area (Å²) in [6, 6.07) is -0.415. The van der Waals surface area contributed by atoms with Crippen LogP contribution in [0.25, 0.3) is 0 Å². The lowest BCUT2D eigenvalue weighted by Crippen LogP contribution is -2.54. The lowest BCUT2D eigenvalue weighted by molar-refractivity contribution is -0.199. The molecule has 8 unspecified atom stereocenters. The number of ether oxygens (including phenoxy) is 9. The van der Waals surface area contributed by atoms with Crippen molar-refractivity contribution in [3.8, 4) is 0 Å². The van der Waals surface area contributed by atoms with Gasteiger partial charge in [-0.3, -0.25) is 0 Å². The minimum Gasteiger partial charge on any atom is -0.497 e. The maximum absolute atomic E-state index is 7.22. The average molecular weight is 931 g/mol. The smallest absolute Gasteiger partial charge is 0.108 e. The predicted octanol–water partition coefficient (Wildman–Crippen LogP) is 12.8. The largest absolute Gasteiger partial charge is 0.497 e. The molecule has 0 amide bonds. The van der Waals surface area contributed by atoms with Gasteiger partial charge in [0.25, 0.3) is 0 Å². The van der Waals surface area contributed by atoms with Gasteiger partial charge in [0.1, 0.15) is 14.5 Å². The fourth-order valence-corrected chi connectivity index (χ4v) is 8.68. The zero-order chi connectivity index (χ0) is 51.3. The number of hydrogen-bond acceptors (Lipinski definition) is 9. The first-order valence-electron chi connectivity index (χ1n) is 25.4. The van der Waals surface area contributed by atoms with Crippen molar-refractivity contribution in [1.29, 1.82) is 0 Å². The SMILES string of the molecule is [B]CC(C)(OC/C=C\OCC=C)C(C)(CC)C(COC(C)C)COC(C)(CC)C(C)(C)CCOC(C)(C)C(C)(C)CC(COC(C)C)OC(C)(C)C(C)(CC)CC(COCC=C)OC([B])C. The Hall–Kier alpha value is -1.17. The van der Waals surface area contributed by atoms with E-state index >= 15 is 0 Å². The molecule has 0 saturated carbocycles. The minimum absolute atomic E-state index is 0.00729. The molecule has 0 heterocycles. The number of rotatable bonds is 40. The highest BCUT2D eigenvalue weighted by Gasteiger charge is 2.51. The minimum atomic E-state index is -0.651. The van der Waals surface area contributed by atoms with Crippen LogP contribution >= 0.6 is 0 Å². The molecule has 9 nitrogen and oxygen atoms in total. The lowest BCUT2D eigenvalue weighted by Gasteiger charge is -2.52. The Morgan fingerprint density at radius 1 is 0.591 bits per heavy atom. The van der Waals surface area contributed by atoms with Crippen molar-refractivity contribution in [2.75, 3.05) is 52.9 Å². The van der Waals surface area contributed by atoms with Gasteiger partial charge in [0, 0.05) is 23.9 Å². The Labute approximate surface area is 411 Å². The monoisotopic (exact) mass is 931 g/mol. The van der Waals surface area contributed by atoms with Gasteiger partial charge in [-0.25, -0.2) is 0 Å². The highest BCUT2D eigenvalue weighted by molar-refractivity contribution is 6.10. The van der Waals surface area contributed by atoms with Crippen LogP contribution in [-0.2, 0) is 42.6 Å². The van der Waals surface area contributed by atoms with E-state index in [0.717, 1.165) is 38.5 Å². The first-order chi connectivity index (χ1) is 30.4. The van der Waals surface area contributed by atoms with E-state index in [1.165, 1.54) is 0 Å². The molecule has 0 saturated heterocycles. The van der Waals surface area contributed by atoms with Crippen LogP contribution in [0.5, 0.6) is 0 Å². The molecule has 0 aliphatic heterocycles. The fraction of sp³-hybridized carbons (Fsp3) is 0.891. The van der Waals surface area contributed by atoms with E-state index in [1.807, 2.05) is 13.0 Å². The first-order valence-corrected chi connectivity index (χ1v) is 25.4. The van der Waals surface area contributed by atoms with Gasteiger partial charge in [-0.05, 0) is 137 Å². The second-order valence-electron chi connectivity index (χ2n) is 22.6. The van der Waals surface area contributed by atoms with Crippen molar-refractivity contribution in [2.45, 2.75) is 236 Å². The van der Waals surface area contributed by atoms with Crippen molar-refractivity contribution in [1.82, 2.24) is 0 Å². The van der Waals surface area contributed by atoms with Crippen LogP contribution in [0, 0.1) is 27.6 Å². The third kappa shape index (κ3) is 19.9. The summed E-state index contributed by atoms with van der Waals surface area (Å²) in [6.07, 6.45) is 11.9. The van der Waals surface area contributed by atoms with E-state index in [2.05, 4.69) is 145 Å². The molecule has 0 aromatic heterocycles. The number of hydrogen-bond donors (Lipinski definition) is 0. The van der Waals surface area contributed by atoms with Gasteiger partial charge in [0.05, 0.1) is 101 Å². The molecule has 0 aromatic rings. The Morgan fingerprint density at radius 2 is 1.18 bits per heavy atom. The Balaban J connectivity index is 6.37. The molecule has 0 fully saturated rings. The van der Waals surface area contributed by atoms with Gasteiger partial charge in [0.15, 0.2) is 0 Å². The maximum Gasteiger partial charge on any atom is 0.108 e.